The Labute approximate surface area is 180 Å². The predicted molar refractivity (Wildman–Crippen MR) is 117 cm³/mol. The standard InChI is InChI=1S/C17H26N6O2S.HI/c1-10-13(26-11(2)20-10)9-19-15(18-4)23-7-5-12(6-8-23)17(3)14(24)21-16(25)22-17;/h12H,5-9H2,1-4H3,(H,18,19)(H2,21,22,24,25);1H. The third kappa shape index (κ3) is 4.53. The van der Waals surface area contributed by atoms with Gasteiger partial charge in [-0.2, -0.15) is 0 Å². The lowest BCUT2D eigenvalue weighted by molar-refractivity contribution is -0.125. The molecule has 3 rings (SSSR count). The average molecular weight is 506 g/mol. The van der Waals surface area contributed by atoms with Crippen molar-refractivity contribution in [1.82, 2.24) is 25.8 Å². The fourth-order valence-electron chi connectivity index (χ4n) is 3.74. The van der Waals surface area contributed by atoms with Gasteiger partial charge in [-0.15, -0.1) is 35.3 Å². The number of guanidine groups is 1. The number of nitrogens with one attached hydrogen (secondary N) is 3. The maximum Gasteiger partial charge on any atom is 0.322 e. The minimum atomic E-state index is -0.808. The zero-order chi connectivity index (χ0) is 18.9. The van der Waals surface area contributed by atoms with E-state index in [2.05, 4.69) is 30.8 Å². The van der Waals surface area contributed by atoms with Gasteiger partial charge in [0.2, 0.25) is 0 Å². The number of rotatable bonds is 3. The third-order valence-electron chi connectivity index (χ3n) is 5.30. The number of thiazole rings is 1. The summed E-state index contributed by atoms with van der Waals surface area (Å²) in [4.78, 5) is 35.9. The lowest BCUT2D eigenvalue weighted by atomic mass is 9.79. The summed E-state index contributed by atoms with van der Waals surface area (Å²) in [5, 5.41) is 9.63. The van der Waals surface area contributed by atoms with Gasteiger partial charge in [0.25, 0.3) is 5.91 Å². The number of carbonyl (C=O) groups is 2. The van der Waals surface area contributed by atoms with Gasteiger partial charge >= 0.3 is 6.03 Å². The summed E-state index contributed by atoms with van der Waals surface area (Å²) < 4.78 is 0. The second kappa shape index (κ2) is 8.72. The van der Waals surface area contributed by atoms with Crippen molar-refractivity contribution in [3.8, 4) is 0 Å². The van der Waals surface area contributed by atoms with E-state index in [1.807, 2.05) is 20.8 Å². The SMILES string of the molecule is CN=C(NCc1sc(C)nc1C)N1CCC(C2(C)NC(=O)NC2=O)CC1.I. The Kier molecular flexibility index (Phi) is 7.06. The molecule has 1 unspecified atom stereocenters. The third-order valence-corrected chi connectivity index (χ3v) is 6.37. The molecule has 2 fully saturated rings. The topological polar surface area (TPSA) is 98.7 Å². The van der Waals surface area contributed by atoms with Gasteiger partial charge in [0.05, 0.1) is 17.2 Å². The average Bonchev–Trinajstić information content (AvgIpc) is 3.06. The summed E-state index contributed by atoms with van der Waals surface area (Å²) in [5.74, 6) is 0.758. The number of hydrogen-bond acceptors (Lipinski definition) is 5. The maximum atomic E-state index is 12.1. The molecule has 0 radical (unpaired) electrons. The Morgan fingerprint density at radius 2 is 2.04 bits per heavy atom. The molecular formula is C17H27IN6O2S. The molecule has 0 aliphatic carbocycles. The van der Waals surface area contributed by atoms with Crippen molar-refractivity contribution in [2.24, 2.45) is 10.9 Å². The summed E-state index contributed by atoms with van der Waals surface area (Å²) in [6.07, 6.45) is 1.65. The van der Waals surface area contributed by atoms with E-state index < -0.39 is 11.6 Å². The molecule has 3 N–H and O–H groups in total. The number of nitrogens with zero attached hydrogens (tertiary/aromatic N) is 3. The first-order valence-electron chi connectivity index (χ1n) is 8.85. The molecule has 1 aromatic rings. The van der Waals surface area contributed by atoms with Gasteiger partial charge in [-0.1, -0.05) is 0 Å². The van der Waals surface area contributed by atoms with Crippen molar-refractivity contribution in [1.29, 1.82) is 0 Å². The number of urea groups is 1. The van der Waals surface area contributed by atoms with E-state index in [1.54, 1.807) is 18.4 Å². The number of aromatic nitrogens is 1. The monoisotopic (exact) mass is 506 g/mol. The first-order chi connectivity index (χ1) is 12.3. The summed E-state index contributed by atoms with van der Waals surface area (Å²) in [6, 6.07) is -0.396. The molecule has 27 heavy (non-hydrogen) atoms. The van der Waals surface area contributed by atoms with E-state index in [-0.39, 0.29) is 35.8 Å². The van der Waals surface area contributed by atoms with Crippen LogP contribution >= 0.6 is 35.3 Å². The van der Waals surface area contributed by atoms with Crippen LogP contribution in [0, 0.1) is 19.8 Å². The van der Waals surface area contributed by atoms with Gasteiger partial charge in [-0.25, -0.2) is 9.78 Å². The molecule has 150 valence electrons. The molecule has 1 aromatic heterocycles. The van der Waals surface area contributed by atoms with Crippen LogP contribution in [0.1, 0.15) is 35.3 Å². The van der Waals surface area contributed by atoms with Crippen LogP contribution in [-0.2, 0) is 11.3 Å². The minimum Gasteiger partial charge on any atom is -0.351 e. The second-order valence-corrected chi connectivity index (χ2v) is 8.30. The molecule has 3 amide bonds. The van der Waals surface area contributed by atoms with E-state index in [1.165, 1.54) is 4.88 Å². The van der Waals surface area contributed by atoms with Crippen LogP contribution in [0.25, 0.3) is 0 Å². The van der Waals surface area contributed by atoms with Crippen molar-refractivity contribution in [3.63, 3.8) is 0 Å². The number of hydrogen-bond donors (Lipinski definition) is 3. The zero-order valence-electron chi connectivity index (χ0n) is 16.1. The quantitative estimate of drug-likeness (QED) is 0.251. The summed E-state index contributed by atoms with van der Waals surface area (Å²) in [7, 11) is 1.78. The Hall–Kier alpha value is -1.43. The van der Waals surface area contributed by atoms with Gasteiger partial charge in [-0.05, 0) is 39.5 Å². The molecule has 3 heterocycles. The summed E-state index contributed by atoms with van der Waals surface area (Å²) in [5.41, 5.74) is 0.252. The van der Waals surface area contributed by atoms with Crippen molar-refractivity contribution in [2.45, 2.75) is 45.7 Å². The van der Waals surface area contributed by atoms with Crippen molar-refractivity contribution >= 4 is 53.2 Å². The Balaban J connectivity index is 0.00000261. The zero-order valence-corrected chi connectivity index (χ0v) is 19.2. The first kappa shape index (κ1) is 21.9. The lowest BCUT2D eigenvalue weighted by Crippen LogP contribution is -2.55. The first-order valence-corrected chi connectivity index (χ1v) is 9.67. The van der Waals surface area contributed by atoms with Crippen LogP contribution < -0.4 is 16.0 Å². The molecule has 2 aliphatic heterocycles. The highest BCUT2D eigenvalue weighted by Gasteiger charge is 2.48. The predicted octanol–water partition coefficient (Wildman–Crippen LogP) is 1.76. The highest BCUT2D eigenvalue weighted by Crippen LogP contribution is 2.30. The van der Waals surface area contributed by atoms with Crippen LogP contribution in [0.5, 0.6) is 0 Å². The Morgan fingerprint density at radius 3 is 2.52 bits per heavy atom. The molecule has 0 aromatic carbocycles. The van der Waals surface area contributed by atoms with Crippen molar-refractivity contribution in [3.05, 3.63) is 15.6 Å². The van der Waals surface area contributed by atoms with Gasteiger partial charge < -0.3 is 15.5 Å². The molecule has 8 nitrogen and oxygen atoms in total. The molecule has 0 bridgehead atoms. The van der Waals surface area contributed by atoms with Gasteiger partial charge in [0, 0.05) is 25.0 Å². The number of carbonyl (C=O) groups excluding carboxylic acids is 2. The molecule has 2 aliphatic rings. The van der Waals surface area contributed by atoms with Crippen LogP contribution in [0.3, 0.4) is 0 Å². The molecular weight excluding hydrogens is 479 g/mol. The van der Waals surface area contributed by atoms with Crippen LogP contribution in [0.4, 0.5) is 4.79 Å². The fourth-order valence-corrected chi connectivity index (χ4v) is 4.62. The Morgan fingerprint density at radius 1 is 1.37 bits per heavy atom. The highest BCUT2D eigenvalue weighted by atomic mass is 127. The van der Waals surface area contributed by atoms with E-state index in [9.17, 15) is 9.59 Å². The van der Waals surface area contributed by atoms with Gasteiger partial charge in [0.15, 0.2) is 5.96 Å². The summed E-state index contributed by atoms with van der Waals surface area (Å²) >= 11 is 1.70. The number of halogens is 1. The number of imide groups is 1. The van der Waals surface area contributed by atoms with E-state index in [0.29, 0.717) is 6.54 Å². The van der Waals surface area contributed by atoms with Gasteiger partial charge in [-0.3, -0.25) is 15.1 Å². The van der Waals surface area contributed by atoms with Crippen LogP contribution in [0.15, 0.2) is 4.99 Å². The molecule has 10 heteroatoms. The number of piperidine rings is 1. The molecule has 2 saturated heterocycles. The number of amides is 3. The normalized spacial score (nSPS) is 23.7. The molecule has 0 spiro atoms. The van der Waals surface area contributed by atoms with E-state index in [4.69, 9.17) is 0 Å². The van der Waals surface area contributed by atoms with E-state index >= 15 is 0 Å². The van der Waals surface area contributed by atoms with E-state index in [0.717, 1.165) is 42.6 Å². The van der Waals surface area contributed by atoms with Gasteiger partial charge in [0.1, 0.15) is 5.54 Å². The summed E-state index contributed by atoms with van der Waals surface area (Å²) in [6.45, 7) is 8.15. The molecule has 0 saturated carbocycles. The molecule has 1 atom stereocenters. The number of aliphatic imine (C=N–C) groups is 1. The van der Waals surface area contributed by atoms with Crippen molar-refractivity contribution in [2.75, 3.05) is 20.1 Å². The van der Waals surface area contributed by atoms with Crippen LogP contribution in [0.2, 0.25) is 0 Å². The Bertz CT molecular complexity index is 744. The number of aryl methyl sites for hydroxylation is 2. The smallest absolute Gasteiger partial charge is 0.322 e. The van der Waals surface area contributed by atoms with Crippen LogP contribution in [-0.4, -0.2) is 53.5 Å². The highest BCUT2D eigenvalue weighted by molar-refractivity contribution is 14.0. The minimum absolute atomic E-state index is 0. The fraction of sp³-hybridized carbons (Fsp3) is 0.647. The lowest BCUT2D eigenvalue weighted by Gasteiger charge is -2.39. The maximum absolute atomic E-state index is 12.1. The second-order valence-electron chi connectivity index (χ2n) is 7.01. The largest absolute Gasteiger partial charge is 0.351 e. The van der Waals surface area contributed by atoms with Crippen molar-refractivity contribution < 1.29 is 9.59 Å². The number of likely N-dealkylation sites (tertiary alicyclic amines) is 1.